The van der Waals surface area contributed by atoms with Gasteiger partial charge in [-0.2, -0.15) is 17.0 Å². The fourth-order valence-corrected chi connectivity index (χ4v) is 3.03. The van der Waals surface area contributed by atoms with E-state index in [-0.39, 0.29) is 12.1 Å². The molecule has 1 aliphatic heterocycles. The van der Waals surface area contributed by atoms with Crippen LogP contribution in [0.25, 0.3) is 0 Å². The molecule has 6 heteroatoms. The molecule has 84 valence electrons. The van der Waals surface area contributed by atoms with Crippen molar-refractivity contribution in [2.24, 2.45) is 5.73 Å². The lowest BCUT2D eigenvalue weighted by Gasteiger charge is -2.26. The van der Waals surface area contributed by atoms with Gasteiger partial charge in [-0.3, -0.25) is 0 Å². The molecule has 1 atom stereocenters. The summed E-state index contributed by atoms with van der Waals surface area (Å²) in [5.74, 6) is 0. The van der Waals surface area contributed by atoms with E-state index in [0.717, 1.165) is 6.42 Å². The molecule has 1 fully saturated rings. The maximum Gasteiger partial charge on any atom is 0.282 e. The average molecular weight is 221 g/mol. The van der Waals surface area contributed by atoms with Crippen LogP contribution in [0.4, 0.5) is 0 Å². The maximum absolute atomic E-state index is 11.9. The molecule has 2 N–H and O–H groups in total. The molecule has 0 aromatic carbocycles. The van der Waals surface area contributed by atoms with Gasteiger partial charge < -0.3 is 5.73 Å². The van der Waals surface area contributed by atoms with Crippen molar-refractivity contribution < 1.29 is 8.42 Å². The Balaban J connectivity index is 2.75. The van der Waals surface area contributed by atoms with E-state index in [9.17, 15) is 8.42 Å². The van der Waals surface area contributed by atoms with Gasteiger partial charge >= 0.3 is 0 Å². The molecule has 1 unspecified atom stereocenters. The highest BCUT2D eigenvalue weighted by Gasteiger charge is 2.33. The van der Waals surface area contributed by atoms with E-state index in [1.165, 1.54) is 8.61 Å². The quantitative estimate of drug-likeness (QED) is 0.705. The topological polar surface area (TPSA) is 66.6 Å². The molecular formula is C8H19N3O2S. The minimum atomic E-state index is -3.28. The van der Waals surface area contributed by atoms with Crippen LogP contribution in [0.15, 0.2) is 0 Å². The highest BCUT2D eigenvalue weighted by molar-refractivity contribution is 7.86. The molecule has 1 saturated heterocycles. The van der Waals surface area contributed by atoms with Crippen LogP contribution in [0.5, 0.6) is 0 Å². The lowest BCUT2D eigenvalue weighted by Crippen LogP contribution is -2.44. The zero-order valence-electron chi connectivity index (χ0n) is 8.97. The molecule has 0 spiro atoms. The van der Waals surface area contributed by atoms with Gasteiger partial charge in [0, 0.05) is 32.2 Å². The zero-order chi connectivity index (χ0) is 10.9. The van der Waals surface area contributed by atoms with Crippen LogP contribution in [0.1, 0.15) is 20.3 Å². The van der Waals surface area contributed by atoms with Crippen molar-refractivity contribution in [1.82, 2.24) is 8.61 Å². The molecule has 0 bridgehead atoms. The van der Waals surface area contributed by atoms with Gasteiger partial charge in [-0.15, -0.1) is 0 Å². The third kappa shape index (κ3) is 2.25. The standard InChI is InChI=1S/C8H19N3O2S/c1-7(2)10(3)14(12,13)11-5-4-8(9)6-11/h7-8H,4-6,9H2,1-3H3. The van der Waals surface area contributed by atoms with Crippen LogP contribution in [-0.4, -0.2) is 49.2 Å². The number of hydrogen-bond donors (Lipinski definition) is 1. The molecule has 0 saturated carbocycles. The van der Waals surface area contributed by atoms with Gasteiger partial charge in [0.05, 0.1) is 0 Å². The molecule has 1 heterocycles. The van der Waals surface area contributed by atoms with Gasteiger partial charge in [0.2, 0.25) is 0 Å². The number of nitrogens with two attached hydrogens (primary N) is 1. The maximum atomic E-state index is 11.9. The van der Waals surface area contributed by atoms with Crippen molar-refractivity contribution in [2.75, 3.05) is 20.1 Å². The summed E-state index contributed by atoms with van der Waals surface area (Å²) in [6.07, 6.45) is 0.755. The Labute approximate surface area is 86.0 Å². The lowest BCUT2D eigenvalue weighted by molar-refractivity contribution is 0.358. The second kappa shape index (κ2) is 4.14. The first-order valence-corrected chi connectivity index (χ1v) is 6.24. The molecule has 5 nitrogen and oxygen atoms in total. The Bertz CT molecular complexity index is 289. The highest BCUT2D eigenvalue weighted by atomic mass is 32.2. The molecule has 0 radical (unpaired) electrons. The molecule has 0 aromatic rings. The highest BCUT2D eigenvalue weighted by Crippen LogP contribution is 2.16. The number of rotatable bonds is 3. The summed E-state index contributed by atoms with van der Waals surface area (Å²) in [5.41, 5.74) is 5.67. The number of nitrogens with zero attached hydrogens (tertiary/aromatic N) is 2. The molecule has 0 aliphatic carbocycles. The third-order valence-corrected chi connectivity index (χ3v) is 4.74. The summed E-state index contributed by atoms with van der Waals surface area (Å²) in [6.45, 7) is 4.70. The summed E-state index contributed by atoms with van der Waals surface area (Å²) in [5, 5.41) is 0. The lowest BCUT2D eigenvalue weighted by atomic mass is 10.3. The first-order chi connectivity index (χ1) is 6.35. The predicted octanol–water partition coefficient (Wildman–Crippen LogP) is -0.396. The minimum Gasteiger partial charge on any atom is -0.326 e. The van der Waals surface area contributed by atoms with Crippen LogP contribution in [-0.2, 0) is 10.2 Å². The Kier molecular flexibility index (Phi) is 3.52. The molecule has 0 amide bonds. The van der Waals surface area contributed by atoms with Gasteiger partial charge in [0.15, 0.2) is 0 Å². The first-order valence-electron chi connectivity index (χ1n) is 4.84. The molecule has 1 rings (SSSR count). The van der Waals surface area contributed by atoms with E-state index in [4.69, 9.17) is 5.73 Å². The monoisotopic (exact) mass is 221 g/mol. The third-order valence-electron chi connectivity index (χ3n) is 2.60. The molecular weight excluding hydrogens is 202 g/mol. The van der Waals surface area contributed by atoms with Crippen LogP contribution >= 0.6 is 0 Å². The Morgan fingerprint density at radius 3 is 2.43 bits per heavy atom. The van der Waals surface area contributed by atoms with Crippen molar-refractivity contribution in [3.05, 3.63) is 0 Å². The second-order valence-electron chi connectivity index (χ2n) is 4.02. The van der Waals surface area contributed by atoms with E-state index in [1.807, 2.05) is 13.8 Å². The molecule has 14 heavy (non-hydrogen) atoms. The fourth-order valence-electron chi connectivity index (χ4n) is 1.41. The Morgan fingerprint density at radius 2 is 2.07 bits per heavy atom. The summed E-state index contributed by atoms with van der Waals surface area (Å²) in [7, 11) is -1.68. The summed E-state index contributed by atoms with van der Waals surface area (Å²) in [4.78, 5) is 0. The summed E-state index contributed by atoms with van der Waals surface area (Å²) < 4.78 is 26.7. The van der Waals surface area contributed by atoms with Crippen LogP contribution in [0.2, 0.25) is 0 Å². The van der Waals surface area contributed by atoms with Crippen molar-refractivity contribution in [3.8, 4) is 0 Å². The van der Waals surface area contributed by atoms with Crippen LogP contribution < -0.4 is 5.73 Å². The first kappa shape index (κ1) is 11.9. The van der Waals surface area contributed by atoms with E-state index >= 15 is 0 Å². The largest absolute Gasteiger partial charge is 0.326 e. The van der Waals surface area contributed by atoms with Crippen molar-refractivity contribution in [3.63, 3.8) is 0 Å². The van der Waals surface area contributed by atoms with Crippen molar-refractivity contribution >= 4 is 10.2 Å². The Morgan fingerprint density at radius 1 is 1.50 bits per heavy atom. The van der Waals surface area contributed by atoms with E-state index < -0.39 is 10.2 Å². The SMILES string of the molecule is CC(C)N(C)S(=O)(=O)N1CCC(N)C1. The second-order valence-corrected chi connectivity index (χ2v) is 6.01. The Hall–Kier alpha value is -0.170. The fraction of sp³-hybridized carbons (Fsp3) is 1.00. The zero-order valence-corrected chi connectivity index (χ0v) is 9.79. The summed E-state index contributed by atoms with van der Waals surface area (Å²) in [6, 6.07) is -0.0258. The van der Waals surface area contributed by atoms with Gasteiger partial charge in [-0.05, 0) is 20.3 Å². The van der Waals surface area contributed by atoms with Gasteiger partial charge in [-0.25, -0.2) is 0 Å². The van der Waals surface area contributed by atoms with Crippen molar-refractivity contribution in [2.45, 2.75) is 32.4 Å². The molecule has 1 aliphatic rings. The van der Waals surface area contributed by atoms with E-state index in [2.05, 4.69) is 0 Å². The smallest absolute Gasteiger partial charge is 0.282 e. The molecule has 0 aromatic heterocycles. The average Bonchev–Trinajstić information content (AvgIpc) is 2.50. The van der Waals surface area contributed by atoms with E-state index in [0.29, 0.717) is 13.1 Å². The van der Waals surface area contributed by atoms with Crippen LogP contribution in [0.3, 0.4) is 0 Å². The van der Waals surface area contributed by atoms with Crippen LogP contribution in [0, 0.1) is 0 Å². The number of hydrogen-bond acceptors (Lipinski definition) is 3. The van der Waals surface area contributed by atoms with E-state index in [1.54, 1.807) is 7.05 Å². The normalized spacial score (nSPS) is 25.1. The van der Waals surface area contributed by atoms with Crippen molar-refractivity contribution in [1.29, 1.82) is 0 Å². The van der Waals surface area contributed by atoms with Gasteiger partial charge in [-0.1, -0.05) is 0 Å². The van der Waals surface area contributed by atoms with Gasteiger partial charge in [0.1, 0.15) is 0 Å². The summed E-state index contributed by atoms with van der Waals surface area (Å²) >= 11 is 0. The predicted molar refractivity (Wildman–Crippen MR) is 56.0 cm³/mol. The van der Waals surface area contributed by atoms with Gasteiger partial charge in [0.25, 0.3) is 10.2 Å². The minimum absolute atomic E-state index is 0.00895.